The molecule has 4 nitrogen and oxygen atoms in total. The van der Waals surface area contributed by atoms with Crippen molar-refractivity contribution in [3.05, 3.63) is 0 Å². The molecule has 1 atom stereocenters. The number of hydrogen-bond donors (Lipinski definition) is 0. The largest absolute Gasteiger partial charge is 0.575 e. The Labute approximate surface area is 71.6 Å². The molecule has 0 spiro atoms. The molecule has 1 rings (SSSR count). The number of rotatable bonds is 1. The molecule has 0 aromatic carbocycles. The zero-order chi connectivity index (χ0) is 9.90. The second kappa shape index (κ2) is 3.93. The fraction of sp³-hybridized carbons (Fsp3) is 0.833. The number of carbonyl (C=O) groups excluding carboxylic acids is 1. The van der Waals surface area contributed by atoms with E-state index in [1.54, 1.807) is 0 Å². The van der Waals surface area contributed by atoms with Gasteiger partial charge in [0.2, 0.25) is 0 Å². The van der Waals surface area contributed by atoms with E-state index in [2.05, 4.69) is 9.47 Å². The van der Waals surface area contributed by atoms with E-state index >= 15 is 0 Å². The van der Waals surface area contributed by atoms with Crippen molar-refractivity contribution in [1.29, 1.82) is 0 Å². The number of halogens is 3. The molecule has 1 aliphatic rings. The smallest absolute Gasteiger partial charge is 0.376 e. The quantitative estimate of drug-likeness (QED) is 0.577. The molecule has 0 amide bonds. The van der Waals surface area contributed by atoms with Gasteiger partial charge in [-0.1, -0.05) is 0 Å². The molecule has 0 radical (unpaired) electrons. The lowest BCUT2D eigenvalue weighted by Crippen LogP contribution is -2.39. The number of ether oxygens (including phenoxy) is 3. The van der Waals surface area contributed by atoms with Crippen molar-refractivity contribution in [2.24, 2.45) is 0 Å². The van der Waals surface area contributed by atoms with Crippen LogP contribution in [0.4, 0.5) is 13.2 Å². The van der Waals surface area contributed by atoms with Crippen LogP contribution < -0.4 is 0 Å². The van der Waals surface area contributed by atoms with Crippen LogP contribution in [0.3, 0.4) is 0 Å². The molecule has 1 fully saturated rings. The monoisotopic (exact) mass is 200 g/mol. The summed E-state index contributed by atoms with van der Waals surface area (Å²) in [5.74, 6) is -1.47. The summed E-state index contributed by atoms with van der Waals surface area (Å²) in [4.78, 5) is 10.7. The summed E-state index contributed by atoms with van der Waals surface area (Å²) >= 11 is 0. The third kappa shape index (κ3) is 3.60. The van der Waals surface area contributed by atoms with Crippen LogP contribution >= 0.6 is 0 Å². The van der Waals surface area contributed by atoms with Crippen LogP contribution in [-0.2, 0) is 19.0 Å². The molecular weight excluding hydrogens is 193 g/mol. The van der Waals surface area contributed by atoms with Crippen LogP contribution in [0.2, 0.25) is 0 Å². The highest BCUT2D eigenvalue weighted by molar-refractivity contribution is 5.75. The van der Waals surface area contributed by atoms with Crippen molar-refractivity contribution < 1.29 is 32.2 Å². The van der Waals surface area contributed by atoms with Crippen molar-refractivity contribution in [3.8, 4) is 0 Å². The molecule has 7 heteroatoms. The zero-order valence-corrected chi connectivity index (χ0v) is 6.47. The van der Waals surface area contributed by atoms with Crippen LogP contribution in [0.15, 0.2) is 0 Å². The maximum atomic E-state index is 11.5. The first-order valence-corrected chi connectivity index (χ1v) is 3.48. The summed E-state index contributed by atoms with van der Waals surface area (Å²) in [6.07, 6.45) is -6.23. The third-order valence-corrected chi connectivity index (χ3v) is 1.30. The van der Waals surface area contributed by atoms with Gasteiger partial charge in [-0.05, 0) is 0 Å². The Morgan fingerprint density at radius 3 is 2.54 bits per heavy atom. The van der Waals surface area contributed by atoms with Gasteiger partial charge in [0.05, 0.1) is 19.8 Å². The van der Waals surface area contributed by atoms with Crippen LogP contribution in [-0.4, -0.2) is 38.3 Å². The molecule has 0 N–H and O–H groups in total. The summed E-state index contributed by atoms with van der Waals surface area (Å²) in [6.45, 7) is 0.169. The summed E-state index contributed by atoms with van der Waals surface area (Å²) in [5.41, 5.74) is 0. The Morgan fingerprint density at radius 1 is 1.38 bits per heavy atom. The molecule has 0 aromatic rings. The zero-order valence-electron chi connectivity index (χ0n) is 6.47. The average Bonchev–Trinajstić information content (AvgIpc) is 2.03. The number of carbonyl (C=O) groups is 1. The first-order chi connectivity index (χ1) is 5.99. The Kier molecular flexibility index (Phi) is 3.10. The predicted octanol–water partition coefficient (Wildman–Crippen LogP) is 0.465. The maximum absolute atomic E-state index is 11.5. The van der Waals surface area contributed by atoms with E-state index in [-0.39, 0.29) is 19.8 Å². The first-order valence-electron chi connectivity index (χ1n) is 3.48. The fourth-order valence-electron chi connectivity index (χ4n) is 0.804. The lowest BCUT2D eigenvalue weighted by Gasteiger charge is -2.21. The molecule has 1 saturated heterocycles. The van der Waals surface area contributed by atoms with E-state index in [4.69, 9.17) is 4.74 Å². The Bertz CT molecular complexity index is 185. The number of hydrogen-bond acceptors (Lipinski definition) is 4. The normalized spacial score (nSPS) is 24.1. The molecule has 1 heterocycles. The fourth-order valence-corrected chi connectivity index (χ4v) is 0.804. The van der Waals surface area contributed by atoms with Crippen LogP contribution in [0, 0.1) is 0 Å². The van der Waals surface area contributed by atoms with Crippen LogP contribution in [0.1, 0.15) is 0 Å². The lowest BCUT2D eigenvalue weighted by molar-refractivity contribution is -0.311. The SMILES string of the molecule is O=C(OC(F)(F)F)C1COCCO1. The Balaban J connectivity index is 2.38. The van der Waals surface area contributed by atoms with Gasteiger partial charge in [0, 0.05) is 0 Å². The van der Waals surface area contributed by atoms with Gasteiger partial charge in [-0.15, -0.1) is 13.2 Å². The highest BCUT2D eigenvalue weighted by atomic mass is 19.4. The van der Waals surface area contributed by atoms with Crippen LogP contribution in [0.25, 0.3) is 0 Å². The van der Waals surface area contributed by atoms with Crippen molar-refractivity contribution >= 4 is 5.97 Å². The predicted molar refractivity (Wildman–Crippen MR) is 32.7 cm³/mol. The van der Waals surface area contributed by atoms with E-state index in [1.165, 1.54) is 0 Å². The minimum absolute atomic E-state index is 0.0949. The number of esters is 1. The molecule has 0 bridgehead atoms. The minimum atomic E-state index is -4.96. The van der Waals surface area contributed by atoms with Crippen molar-refractivity contribution in [2.75, 3.05) is 19.8 Å². The lowest BCUT2D eigenvalue weighted by atomic mass is 10.3. The van der Waals surface area contributed by atoms with E-state index in [0.29, 0.717) is 0 Å². The molecule has 0 aliphatic carbocycles. The van der Waals surface area contributed by atoms with Crippen molar-refractivity contribution in [2.45, 2.75) is 12.5 Å². The molecular formula is C6H7F3O4. The van der Waals surface area contributed by atoms with Crippen molar-refractivity contribution in [3.63, 3.8) is 0 Å². The van der Waals surface area contributed by atoms with Gasteiger partial charge in [-0.3, -0.25) is 0 Å². The van der Waals surface area contributed by atoms with Gasteiger partial charge in [0.15, 0.2) is 6.10 Å². The first kappa shape index (κ1) is 10.3. The van der Waals surface area contributed by atoms with E-state index in [0.717, 1.165) is 0 Å². The summed E-state index contributed by atoms with van der Waals surface area (Å²) in [7, 11) is 0. The topological polar surface area (TPSA) is 44.8 Å². The van der Waals surface area contributed by atoms with Gasteiger partial charge >= 0.3 is 12.3 Å². The molecule has 13 heavy (non-hydrogen) atoms. The summed E-state index contributed by atoms with van der Waals surface area (Å²) in [6, 6.07) is 0. The standard InChI is InChI=1S/C6H7F3O4/c7-6(8,9)13-5(10)4-3-11-1-2-12-4/h4H,1-3H2. The second-order valence-electron chi connectivity index (χ2n) is 2.30. The van der Waals surface area contributed by atoms with Gasteiger partial charge in [0.25, 0.3) is 0 Å². The summed E-state index contributed by atoms with van der Waals surface area (Å²) < 4.78 is 47.1. The van der Waals surface area contributed by atoms with E-state index in [1.807, 2.05) is 0 Å². The maximum Gasteiger partial charge on any atom is 0.575 e. The van der Waals surface area contributed by atoms with Gasteiger partial charge in [-0.2, -0.15) is 0 Å². The molecule has 1 unspecified atom stereocenters. The number of alkyl halides is 3. The highest BCUT2D eigenvalue weighted by Crippen LogP contribution is 2.18. The molecule has 0 aromatic heterocycles. The molecule has 0 saturated carbocycles. The third-order valence-electron chi connectivity index (χ3n) is 1.30. The Hall–Kier alpha value is -0.820. The van der Waals surface area contributed by atoms with Crippen LogP contribution in [0.5, 0.6) is 0 Å². The Morgan fingerprint density at radius 2 is 2.08 bits per heavy atom. The van der Waals surface area contributed by atoms with Gasteiger partial charge < -0.3 is 14.2 Å². The van der Waals surface area contributed by atoms with Gasteiger partial charge in [0.1, 0.15) is 0 Å². The van der Waals surface area contributed by atoms with Crippen molar-refractivity contribution in [1.82, 2.24) is 0 Å². The van der Waals surface area contributed by atoms with E-state index < -0.39 is 18.4 Å². The highest BCUT2D eigenvalue weighted by Gasteiger charge is 2.38. The van der Waals surface area contributed by atoms with Gasteiger partial charge in [-0.25, -0.2) is 4.79 Å². The minimum Gasteiger partial charge on any atom is -0.376 e. The second-order valence-corrected chi connectivity index (χ2v) is 2.30. The molecule has 1 aliphatic heterocycles. The van der Waals surface area contributed by atoms with E-state index in [9.17, 15) is 18.0 Å². The summed E-state index contributed by atoms with van der Waals surface area (Å²) in [5, 5.41) is 0. The average molecular weight is 200 g/mol. The molecule has 76 valence electrons.